The first kappa shape index (κ1) is 26.5. The van der Waals surface area contributed by atoms with Crippen LogP contribution in [-0.4, -0.2) is 106 Å². The van der Waals surface area contributed by atoms with Gasteiger partial charge in [0.25, 0.3) is 0 Å². The highest BCUT2D eigenvalue weighted by atomic mass is 19.4. The Bertz CT molecular complexity index is 1200. The lowest BCUT2D eigenvalue weighted by Gasteiger charge is -2.31. The summed E-state index contributed by atoms with van der Waals surface area (Å²) in [5, 5.41) is 14.8. The first-order chi connectivity index (χ1) is 18.4. The van der Waals surface area contributed by atoms with Crippen LogP contribution in [0.4, 0.5) is 30.8 Å². The summed E-state index contributed by atoms with van der Waals surface area (Å²) in [6.07, 6.45) is -1.35. The van der Waals surface area contributed by atoms with Crippen LogP contribution in [-0.2, 0) is 17.8 Å². The van der Waals surface area contributed by atoms with Crippen LogP contribution in [0.1, 0.15) is 12.6 Å². The van der Waals surface area contributed by atoms with Crippen molar-refractivity contribution in [1.29, 1.82) is 0 Å². The molecule has 2 saturated heterocycles. The van der Waals surface area contributed by atoms with E-state index in [0.29, 0.717) is 41.2 Å². The molecule has 0 radical (unpaired) electrons. The van der Waals surface area contributed by atoms with E-state index < -0.39 is 12.8 Å². The summed E-state index contributed by atoms with van der Waals surface area (Å²) >= 11 is 0. The summed E-state index contributed by atoms with van der Waals surface area (Å²) in [7, 11) is 0. The zero-order valence-corrected chi connectivity index (χ0v) is 21.2. The molecular weight excluding hydrogens is 503 g/mol. The lowest BCUT2D eigenvalue weighted by atomic mass is 10.2. The SMILES string of the molecule is C[C@@H]1CN(Cc2nn(CCOCC(F)(F)F)c3c(Nc4ccncn4)nc(N4CCNCC4)nc23)CCN1. The molecule has 3 aromatic rings. The van der Waals surface area contributed by atoms with Gasteiger partial charge in [-0.15, -0.1) is 0 Å². The summed E-state index contributed by atoms with van der Waals surface area (Å²) in [5.41, 5.74) is 2.00. The van der Waals surface area contributed by atoms with Crippen molar-refractivity contribution in [2.24, 2.45) is 0 Å². The zero-order chi connectivity index (χ0) is 26.5. The lowest BCUT2D eigenvalue weighted by Crippen LogP contribution is -2.48. The number of fused-ring (bicyclic) bond motifs is 1. The van der Waals surface area contributed by atoms with Gasteiger partial charge in [0.15, 0.2) is 5.82 Å². The fourth-order valence-electron chi connectivity index (χ4n) is 4.69. The number of alkyl halides is 3. The molecule has 0 bridgehead atoms. The number of hydrogen-bond donors (Lipinski definition) is 3. The number of anilines is 3. The Morgan fingerprint density at radius 2 is 2.00 bits per heavy atom. The number of nitrogens with one attached hydrogen (secondary N) is 3. The van der Waals surface area contributed by atoms with E-state index in [9.17, 15) is 13.2 Å². The van der Waals surface area contributed by atoms with Gasteiger partial charge in [0.05, 0.1) is 13.2 Å². The molecule has 206 valence electrons. The van der Waals surface area contributed by atoms with Crippen LogP contribution in [0.2, 0.25) is 0 Å². The van der Waals surface area contributed by atoms with Crippen molar-refractivity contribution in [3.05, 3.63) is 24.3 Å². The Morgan fingerprint density at radius 1 is 1.16 bits per heavy atom. The third-order valence-corrected chi connectivity index (χ3v) is 6.41. The van der Waals surface area contributed by atoms with Crippen molar-refractivity contribution >= 4 is 28.6 Å². The molecule has 2 aliphatic rings. The second kappa shape index (κ2) is 11.7. The molecule has 0 saturated carbocycles. The van der Waals surface area contributed by atoms with Crippen molar-refractivity contribution in [3.8, 4) is 0 Å². The van der Waals surface area contributed by atoms with Gasteiger partial charge in [0.1, 0.15) is 35.5 Å². The second-order valence-electron chi connectivity index (χ2n) is 9.45. The van der Waals surface area contributed by atoms with Gasteiger partial charge in [-0.05, 0) is 13.0 Å². The van der Waals surface area contributed by atoms with Crippen LogP contribution in [0.5, 0.6) is 0 Å². The van der Waals surface area contributed by atoms with E-state index >= 15 is 0 Å². The van der Waals surface area contributed by atoms with Gasteiger partial charge in [-0.25, -0.2) is 15.0 Å². The van der Waals surface area contributed by atoms with Crippen LogP contribution in [0.25, 0.3) is 11.0 Å². The Hall–Kier alpha value is -3.14. The molecule has 0 spiro atoms. The van der Waals surface area contributed by atoms with Gasteiger partial charge in [-0.2, -0.15) is 23.3 Å². The fourth-order valence-corrected chi connectivity index (χ4v) is 4.69. The van der Waals surface area contributed by atoms with E-state index in [-0.39, 0.29) is 13.2 Å². The van der Waals surface area contributed by atoms with Crippen LogP contribution in [0, 0.1) is 0 Å². The Morgan fingerprint density at radius 3 is 2.74 bits per heavy atom. The molecule has 0 unspecified atom stereocenters. The zero-order valence-electron chi connectivity index (χ0n) is 21.2. The van der Waals surface area contributed by atoms with Crippen molar-refractivity contribution in [2.45, 2.75) is 32.2 Å². The summed E-state index contributed by atoms with van der Waals surface area (Å²) in [6.45, 7) is 7.05. The van der Waals surface area contributed by atoms with E-state index in [1.54, 1.807) is 16.9 Å². The largest absolute Gasteiger partial charge is 0.411 e. The van der Waals surface area contributed by atoms with Gasteiger partial charge in [0, 0.05) is 64.6 Å². The molecular formula is C23H32F3N11O. The number of halogens is 3. The standard InChI is InChI=1S/C23H32F3N11O/c1-16-12-35(7-6-29-16)13-17-19-20(37(34-17)10-11-38-14-23(24,25)26)21(31-18-2-3-28-15-30-18)33-22(32-19)36-8-4-27-5-9-36/h2-3,15-16,27,29H,4-14H2,1H3,(H,28,30,31,32,33)/t16-/m1/s1. The van der Waals surface area contributed by atoms with Crippen LogP contribution >= 0.6 is 0 Å². The van der Waals surface area contributed by atoms with Crippen LogP contribution in [0.3, 0.4) is 0 Å². The number of hydrogen-bond acceptors (Lipinski definition) is 11. The van der Waals surface area contributed by atoms with Gasteiger partial charge in [0.2, 0.25) is 5.95 Å². The highest BCUT2D eigenvalue weighted by molar-refractivity contribution is 5.90. The predicted octanol–water partition coefficient (Wildman–Crippen LogP) is 1.14. The monoisotopic (exact) mass is 535 g/mol. The fraction of sp³-hybridized carbons (Fsp3) is 0.609. The second-order valence-corrected chi connectivity index (χ2v) is 9.45. The number of ether oxygens (including phenoxy) is 1. The maximum absolute atomic E-state index is 12.6. The summed E-state index contributed by atoms with van der Waals surface area (Å²) in [4.78, 5) is 22.4. The van der Waals surface area contributed by atoms with Crippen molar-refractivity contribution < 1.29 is 17.9 Å². The van der Waals surface area contributed by atoms with Crippen LogP contribution in [0.15, 0.2) is 18.6 Å². The molecule has 5 rings (SSSR count). The normalized spacial score (nSPS) is 19.3. The van der Waals surface area contributed by atoms with E-state index in [1.807, 2.05) is 0 Å². The minimum atomic E-state index is -4.39. The average molecular weight is 536 g/mol. The average Bonchev–Trinajstić information content (AvgIpc) is 3.24. The molecule has 1 atom stereocenters. The number of aromatic nitrogens is 6. The van der Waals surface area contributed by atoms with Gasteiger partial charge in [-0.1, -0.05) is 0 Å². The predicted molar refractivity (Wildman–Crippen MR) is 135 cm³/mol. The number of piperazine rings is 2. The van der Waals surface area contributed by atoms with Gasteiger partial charge in [-0.3, -0.25) is 9.58 Å². The summed E-state index contributed by atoms with van der Waals surface area (Å²) in [5.74, 6) is 1.58. The molecule has 38 heavy (non-hydrogen) atoms. The molecule has 15 heteroatoms. The molecule has 0 amide bonds. The maximum Gasteiger partial charge on any atom is 0.411 e. The highest BCUT2D eigenvalue weighted by Crippen LogP contribution is 2.29. The van der Waals surface area contributed by atoms with Crippen LogP contribution < -0.4 is 20.9 Å². The van der Waals surface area contributed by atoms with Crippen molar-refractivity contribution in [2.75, 3.05) is 69.2 Å². The Balaban J connectivity index is 1.54. The highest BCUT2D eigenvalue weighted by Gasteiger charge is 2.28. The Kier molecular flexibility index (Phi) is 8.16. The molecule has 2 fully saturated rings. The number of nitrogens with zero attached hydrogens (tertiary/aromatic N) is 8. The first-order valence-electron chi connectivity index (χ1n) is 12.7. The molecule has 0 aromatic carbocycles. The van der Waals surface area contributed by atoms with E-state index in [0.717, 1.165) is 51.5 Å². The minimum absolute atomic E-state index is 0.110. The van der Waals surface area contributed by atoms with E-state index in [2.05, 4.69) is 42.6 Å². The summed E-state index contributed by atoms with van der Waals surface area (Å²) in [6, 6.07) is 2.06. The molecule has 5 heterocycles. The molecule has 2 aliphatic heterocycles. The first-order valence-corrected chi connectivity index (χ1v) is 12.7. The maximum atomic E-state index is 12.6. The molecule has 3 aromatic heterocycles. The third kappa shape index (κ3) is 6.64. The number of rotatable bonds is 9. The minimum Gasteiger partial charge on any atom is -0.370 e. The lowest BCUT2D eigenvalue weighted by molar-refractivity contribution is -0.174. The van der Waals surface area contributed by atoms with E-state index in [1.165, 1.54) is 6.33 Å². The smallest absolute Gasteiger partial charge is 0.370 e. The van der Waals surface area contributed by atoms with Crippen molar-refractivity contribution in [1.82, 2.24) is 45.2 Å². The third-order valence-electron chi connectivity index (χ3n) is 6.41. The van der Waals surface area contributed by atoms with Crippen molar-refractivity contribution in [3.63, 3.8) is 0 Å². The quantitative estimate of drug-likeness (QED) is 0.342. The topological polar surface area (TPSA) is 121 Å². The molecule has 0 aliphatic carbocycles. The Labute approximate surface area is 218 Å². The molecule has 3 N–H and O–H groups in total. The summed E-state index contributed by atoms with van der Waals surface area (Å²) < 4.78 is 44.5. The van der Waals surface area contributed by atoms with Gasteiger partial charge >= 0.3 is 6.18 Å². The van der Waals surface area contributed by atoms with E-state index in [4.69, 9.17) is 19.8 Å². The van der Waals surface area contributed by atoms with Gasteiger partial charge < -0.3 is 25.6 Å². The molecule has 12 nitrogen and oxygen atoms in total.